The molecule has 0 aromatic heterocycles. The maximum atomic E-state index is 10.3. The fourth-order valence-electron chi connectivity index (χ4n) is 2.82. The normalized spacial score (nSPS) is 20.6. The lowest BCUT2D eigenvalue weighted by Crippen LogP contribution is -2.51. The molecule has 1 aromatic carbocycles. The summed E-state index contributed by atoms with van der Waals surface area (Å²) in [5, 5.41) is 19.4. The van der Waals surface area contributed by atoms with Gasteiger partial charge in [-0.15, -0.1) is 0 Å². The van der Waals surface area contributed by atoms with Crippen molar-refractivity contribution in [3.8, 4) is 11.5 Å². The molecule has 1 aliphatic heterocycles. The molecule has 1 saturated heterocycles. The number of aliphatic hydroxyl groups is 1. The highest BCUT2D eigenvalue weighted by Gasteiger charge is 2.24. The van der Waals surface area contributed by atoms with Gasteiger partial charge in [0.1, 0.15) is 0 Å². The van der Waals surface area contributed by atoms with Crippen LogP contribution in [-0.2, 0) is 6.54 Å². The Morgan fingerprint density at radius 3 is 2.86 bits per heavy atom. The molecule has 1 unspecified atom stereocenters. The van der Waals surface area contributed by atoms with Crippen LogP contribution in [0.5, 0.6) is 11.5 Å². The van der Waals surface area contributed by atoms with Gasteiger partial charge in [-0.25, -0.2) is 0 Å². The van der Waals surface area contributed by atoms with E-state index in [1.807, 2.05) is 19.1 Å². The number of rotatable bonds is 6. The molecule has 2 rings (SSSR count). The summed E-state index contributed by atoms with van der Waals surface area (Å²) in [6, 6.07) is 6.03. The van der Waals surface area contributed by atoms with E-state index in [1.54, 1.807) is 6.07 Å². The summed E-state index contributed by atoms with van der Waals surface area (Å²) in [4.78, 5) is 4.62. The molecule has 5 heteroatoms. The highest BCUT2D eigenvalue weighted by atomic mass is 16.5. The van der Waals surface area contributed by atoms with Crippen molar-refractivity contribution in [2.24, 2.45) is 0 Å². The quantitative estimate of drug-likeness (QED) is 0.828. The van der Waals surface area contributed by atoms with Gasteiger partial charge in [0.15, 0.2) is 11.5 Å². The zero-order chi connectivity index (χ0) is 15.2. The maximum absolute atomic E-state index is 10.3. The van der Waals surface area contributed by atoms with Crippen LogP contribution in [0, 0.1) is 0 Å². The summed E-state index contributed by atoms with van der Waals surface area (Å²) in [7, 11) is 2.10. The topological polar surface area (TPSA) is 56.2 Å². The largest absolute Gasteiger partial charge is 0.504 e. The first-order valence-corrected chi connectivity index (χ1v) is 7.62. The number of aromatic hydroxyl groups is 1. The van der Waals surface area contributed by atoms with Crippen LogP contribution in [0.15, 0.2) is 18.2 Å². The van der Waals surface area contributed by atoms with E-state index in [0.717, 1.165) is 31.6 Å². The van der Waals surface area contributed by atoms with Crippen molar-refractivity contribution in [1.29, 1.82) is 0 Å². The third-order valence-corrected chi connectivity index (χ3v) is 4.10. The van der Waals surface area contributed by atoms with Crippen LogP contribution in [0.25, 0.3) is 0 Å². The molecule has 0 amide bonds. The molecule has 1 aromatic rings. The van der Waals surface area contributed by atoms with Gasteiger partial charge in [0.2, 0.25) is 0 Å². The van der Waals surface area contributed by atoms with Crippen molar-refractivity contribution in [3.63, 3.8) is 0 Å². The van der Waals surface area contributed by atoms with Crippen LogP contribution >= 0.6 is 0 Å². The molecule has 0 saturated carbocycles. The van der Waals surface area contributed by atoms with Crippen molar-refractivity contribution in [1.82, 2.24) is 9.80 Å². The lowest BCUT2D eigenvalue weighted by Gasteiger charge is -2.39. The van der Waals surface area contributed by atoms with Gasteiger partial charge in [0.05, 0.1) is 6.61 Å². The zero-order valence-electron chi connectivity index (χ0n) is 13.0. The third kappa shape index (κ3) is 4.09. The lowest BCUT2D eigenvalue weighted by molar-refractivity contribution is 0.0738. The van der Waals surface area contributed by atoms with Crippen molar-refractivity contribution in [3.05, 3.63) is 23.8 Å². The second-order valence-electron chi connectivity index (χ2n) is 5.58. The summed E-state index contributed by atoms with van der Waals surface area (Å²) in [5.41, 5.74) is 0.897. The van der Waals surface area contributed by atoms with Crippen LogP contribution in [0.4, 0.5) is 0 Å². The minimum Gasteiger partial charge on any atom is -0.504 e. The molecule has 1 heterocycles. The number of phenolic OH excluding ortho intramolecular Hbond substituents is 1. The smallest absolute Gasteiger partial charge is 0.162 e. The van der Waals surface area contributed by atoms with Crippen molar-refractivity contribution in [2.45, 2.75) is 25.9 Å². The number of hydrogen-bond acceptors (Lipinski definition) is 5. The van der Waals surface area contributed by atoms with Crippen LogP contribution in [-0.4, -0.2) is 66.0 Å². The van der Waals surface area contributed by atoms with E-state index in [4.69, 9.17) is 9.84 Å². The Bertz CT molecular complexity index is 453. The third-order valence-electron chi connectivity index (χ3n) is 4.10. The molecule has 21 heavy (non-hydrogen) atoms. The monoisotopic (exact) mass is 294 g/mol. The predicted molar refractivity (Wildman–Crippen MR) is 82.7 cm³/mol. The van der Waals surface area contributed by atoms with Crippen LogP contribution in [0.3, 0.4) is 0 Å². The first-order chi connectivity index (χ1) is 10.2. The molecule has 1 fully saturated rings. The SMILES string of the molecule is CCOc1cccc(CN2CCN(C)C(CCO)C2)c1O. The van der Waals surface area contributed by atoms with E-state index >= 15 is 0 Å². The molecule has 0 aliphatic carbocycles. The van der Waals surface area contributed by atoms with E-state index in [0.29, 0.717) is 24.9 Å². The number of piperazine rings is 1. The van der Waals surface area contributed by atoms with Crippen LogP contribution < -0.4 is 4.74 Å². The molecule has 0 spiro atoms. The van der Waals surface area contributed by atoms with Gasteiger partial charge < -0.3 is 19.8 Å². The zero-order valence-corrected chi connectivity index (χ0v) is 13.0. The van der Waals surface area contributed by atoms with Crippen molar-refractivity contribution < 1.29 is 14.9 Å². The number of nitrogens with zero attached hydrogens (tertiary/aromatic N) is 2. The Labute approximate surface area is 126 Å². The molecular weight excluding hydrogens is 268 g/mol. The second kappa shape index (κ2) is 7.64. The Balaban J connectivity index is 2.03. The fourth-order valence-corrected chi connectivity index (χ4v) is 2.82. The minimum absolute atomic E-state index is 0.216. The fraction of sp³-hybridized carbons (Fsp3) is 0.625. The van der Waals surface area contributed by atoms with E-state index in [-0.39, 0.29) is 12.4 Å². The molecule has 1 atom stereocenters. The van der Waals surface area contributed by atoms with Gasteiger partial charge >= 0.3 is 0 Å². The Morgan fingerprint density at radius 1 is 1.33 bits per heavy atom. The Hall–Kier alpha value is -1.30. The van der Waals surface area contributed by atoms with Gasteiger partial charge in [0.25, 0.3) is 0 Å². The van der Waals surface area contributed by atoms with Gasteiger partial charge in [0, 0.05) is 44.4 Å². The first kappa shape index (κ1) is 16.1. The van der Waals surface area contributed by atoms with Crippen molar-refractivity contribution >= 4 is 0 Å². The summed E-state index contributed by atoms with van der Waals surface area (Å²) < 4.78 is 5.43. The number of ether oxygens (including phenoxy) is 1. The molecule has 118 valence electrons. The highest BCUT2D eigenvalue weighted by molar-refractivity contribution is 5.45. The van der Waals surface area contributed by atoms with E-state index in [1.165, 1.54) is 0 Å². The van der Waals surface area contributed by atoms with Gasteiger partial charge in [-0.2, -0.15) is 0 Å². The Morgan fingerprint density at radius 2 is 2.14 bits per heavy atom. The highest BCUT2D eigenvalue weighted by Crippen LogP contribution is 2.31. The summed E-state index contributed by atoms with van der Waals surface area (Å²) in [6.45, 7) is 6.25. The summed E-state index contributed by atoms with van der Waals surface area (Å²) >= 11 is 0. The standard InChI is InChI=1S/C16H26N2O3/c1-3-21-15-6-4-5-13(16(15)20)11-18-9-8-17(2)14(12-18)7-10-19/h4-6,14,19-20H,3,7-12H2,1-2H3. The molecule has 0 radical (unpaired) electrons. The molecular formula is C16H26N2O3. The first-order valence-electron chi connectivity index (χ1n) is 7.62. The predicted octanol–water partition coefficient (Wildman–Crippen LogP) is 1.29. The van der Waals surface area contributed by atoms with Gasteiger partial charge in [-0.3, -0.25) is 4.90 Å². The number of phenols is 1. The molecule has 2 N–H and O–H groups in total. The minimum atomic E-state index is 0.216. The van der Waals surface area contributed by atoms with Crippen LogP contribution in [0.1, 0.15) is 18.9 Å². The summed E-state index contributed by atoms with van der Waals surface area (Å²) in [6.07, 6.45) is 0.790. The average molecular weight is 294 g/mol. The second-order valence-corrected chi connectivity index (χ2v) is 5.58. The molecule has 5 nitrogen and oxygen atoms in total. The number of hydrogen-bond donors (Lipinski definition) is 2. The molecule has 0 bridgehead atoms. The van der Waals surface area contributed by atoms with Gasteiger partial charge in [-0.05, 0) is 26.5 Å². The summed E-state index contributed by atoms with van der Waals surface area (Å²) in [5.74, 6) is 0.799. The average Bonchev–Trinajstić information content (AvgIpc) is 2.47. The lowest BCUT2D eigenvalue weighted by atomic mass is 10.1. The number of benzene rings is 1. The van der Waals surface area contributed by atoms with E-state index in [9.17, 15) is 5.11 Å². The van der Waals surface area contributed by atoms with Crippen LogP contribution in [0.2, 0.25) is 0 Å². The molecule has 1 aliphatic rings. The van der Waals surface area contributed by atoms with Crippen molar-refractivity contribution in [2.75, 3.05) is 39.9 Å². The number of aliphatic hydroxyl groups excluding tert-OH is 1. The maximum Gasteiger partial charge on any atom is 0.162 e. The van der Waals surface area contributed by atoms with E-state index < -0.39 is 0 Å². The number of likely N-dealkylation sites (N-methyl/N-ethyl adjacent to an activating group) is 1. The number of para-hydroxylation sites is 1. The van der Waals surface area contributed by atoms with E-state index in [2.05, 4.69) is 16.8 Å². The Kier molecular flexibility index (Phi) is 5.85. The van der Waals surface area contributed by atoms with Gasteiger partial charge in [-0.1, -0.05) is 12.1 Å².